The Bertz CT molecular complexity index is 470. The maximum Gasteiger partial charge on any atom is 0.129 e. The predicted molar refractivity (Wildman–Crippen MR) is 86.1 cm³/mol. The molecule has 3 heteroatoms. The van der Waals surface area contributed by atoms with Gasteiger partial charge in [-0.15, -0.1) is 6.58 Å². The molecular weight excluding hydrogens is 246 g/mol. The van der Waals surface area contributed by atoms with E-state index >= 15 is 0 Å². The highest BCUT2D eigenvalue weighted by Crippen LogP contribution is 2.24. The first-order valence-electron chi connectivity index (χ1n) is 7.50. The molecule has 0 atom stereocenters. The fourth-order valence-corrected chi connectivity index (χ4v) is 2.30. The highest BCUT2D eigenvalue weighted by Gasteiger charge is 2.23. The molecule has 0 radical (unpaired) electrons. The van der Waals surface area contributed by atoms with Crippen LogP contribution < -0.4 is 10.2 Å². The van der Waals surface area contributed by atoms with Crippen molar-refractivity contribution in [2.24, 2.45) is 0 Å². The molecule has 1 fully saturated rings. The molecule has 0 aromatic carbocycles. The Morgan fingerprint density at radius 2 is 2.10 bits per heavy atom. The zero-order valence-electron chi connectivity index (χ0n) is 13.2. The summed E-state index contributed by atoms with van der Waals surface area (Å²) >= 11 is 0. The molecular formula is C17H27N3. The largest absolute Gasteiger partial charge is 0.348 e. The summed E-state index contributed by atoms with van der Waals surface area (Å²) < 4.78 is 0. The Morgan fingerprint density at radius 3 is 2.60 bits per heavy atom. The summed E-state index contributed by atoms with van der Waals surface area (Å²) in [4.78, 5) is 7.08. The maximum absolute atomic E-state index is 4.80. The molecule has 1 N–H and O–H groups in total. The number of rotatable bonds is 6. The number of nitrogens with one attached hydrogen (secondary N) is 1. The minimum absolute atomic E-state index is 0.0431. The monoisotopic (exact) mass is 273 g/mol. The zero-order valence-corrected chi connectivity index (χ0v) is 13.2. The molecule has 1 aliphatic carbocycles. The van der Waals surface area contributed by atoms with Gasteiger partial charge in [-0.25, -0.2) is 4.98 Å². The van der Waals surface area contributed by atoms with Gasteiger partial charge >= 0.3 is 0 Å². The Balaban J connectivity index is 2.14. The Labute approximate surface area is 123 Å². The maximum atomic E-state index is 4.80. The average Bonchev–Trinajstić information content (AvgIpc) is 3.17. The minimum Gasteiger partial charge on any atom is -0.348 e. The second kappa shape index (κ2) is 5.96. The van der Waals surface area contributed by atoms with Gasteiger partial charge < -0.3 is 10.2 Å². The lowest BCUT2D eigenvalue weighted by Gasteiger charge is -2.36. The number of pyridine rings is 1. The van der Waals surface area contributed by atoms with Gasteiger partial charge in [-0.3, -0.25) is 0 Å². The van der Waals surface area contributed by atoms with Crippen molar-refractivity contribution in [3.63, 3.8) is 0 Å². The number of anilines is 1. The third kappa shape index (κ3) is 3.83. The molecule has 0 aliphatic heterocycles. The van der Waals surface area contributed by atoms with Crippen LogP contribution in [0.2, 0.25) is 0 Å². The van der Waals surface area contributed by atoms with Crippen LogP contribution in [0, 0.1) is 6.92 Å². The number of aryl methyl sites for hydroxylation is 1. The van der Waals surface area contributed by atoms with Gasteiger partial charge in [0, 0.05) is 30.4 Å². The topological polar surface area (TPSA) is 28.2 Å². The summed E-state index contributed by atoms with van der Waals surface area (Å²) in [5, 5.41) is 3.55. The van der Waals surface area contributed by atoms with E-state index in [-0.39, 0.29) is 5.54 Å². The van der Waals surface area contributed by atoms with Gasteiger partial charge in [0.15, 0.2) is 0 Å². The number of aromatic nitrogens is 1. The Morgan fingerprint density at radius 1 is 1.40 bits per heavy atom. The summed E-state index contributed by atoms with van der Waals surface area (Å²) in [6, 6.07) is 5.07. The second-order valence-corrected chi connectivity index (χ2v) is 6.64. The molecule has 3 nitrogen and oxygen atoms in total. The second-order valence-electron chi connectivity index (χ2n) is 6.64. The lowest BCUT2D eigenvalue weighted by atomic mass is 10.1. The van der Waals surface area contributed by atoms with Crippen molar-refractivity contribution in [1.29, 1.82) is 0 Å². The van der Waals surface area contributed by atoms with Crippen molar-refractivity contribution >= 4 is 5.82 Å². The van der Waals surface area contributed by atoms with E-state index in [1.165, 1.54) is 18.4 Å². The van der Waals surface area contributed by atoms with Crippen LogP contribution in [-0.2, 0) is 6.54 Å². The molecule has 1 aromatic heterocycles. The normalized spacial score (nSPS) is 15.2. The lowest BCUT2D eigenvalue weighted by Crippen LogP contribution is -2.42. The molecule has 1 saturated carbocycles. The van der Waals surface area contributed by atoms with Gasteiger partial charge in [0.05, 0.1) is 0 Å². The van der Waals surface area contributed by atoms with Crippen LogP contribution in [0.1, 0.15) is 44.9 Å². The SMILES string of the molecule is C=CCN(c1ccc(CNC2CC2)c(C)n1)C(C)(C)C. The lowest BCUT2D eigenvalue weighted by molar-refractivity contribution is 0.517. The molecule has 110 valence electrons. The molecule has 1 aliphatic rings. The van der Waals surface area contributed by atoms with E-state index in [0.717, 1.165) is 30.6 Å². The van der Waals surface area contributed by atoms with Crippen LogP contribution in [0.25, 0.3) is 0 Å². The number of hydrogen-bond donors (Lipinski definition) is 1. The smallest absolute Gasteiger partial charge is 0.129 e. The summed E-state index contributed by atoms with van der Waals surface area (Å²) in [7, 11) is 0. The van der Waals surface area contributed by atoms with Gasteiger partial charge in [0.1, 0.15) is 5.82 Å². The number of hydrogen-bond acceptors (Lipinski definition) is 3. The van der Waals surface area contributed by atoms with E-state index in [1.54, 1.807) is 0 Å². The van der Waals surface area contributed by atoms with E-state index in [9.17, 15) is 0 Å². The van der Waals surface area contributed by atoms with Gasteiger partial charge in [0.25, 0.3) is 0 Å². The van der Waals surface area contributed by atoms with Crippen LogP contribution in [0.15, 0.2) is 24.8 Å². The van der Waals surface area contributed by atoms with Crippen LogP contribution in [0.3, 0.4) is 0 Å². The van der Waals surface area contributed by atoms with Crippen molar-refractivity contribution in [1.82, 2.24) is 10.3 Å². The molecule has 2 rings (SSSR count). The fourth-order valence-electron chi connectivity index (χ4n) is 2.30. The van der Waals surface area contributed by atoms with Crippen LogP contribution in [0.5, 0.6) is 0 Å². The molecule has 0 saturated heterocycles. The zero-order chi connectivity index (χ0) is 14.8. The Hall–Kier alpha value is -1.35. The van der Waals surface area contributed by atoms with E-state index < -0.39 is 0 Å². The third-order valence-corrected chi connectivity index (χ3v) is 3.74. The molecule has 0 unspecified atom stereocenters. The van der Waals surface area contributed by atoms with Gasteiger partial charge in [-0.1, -0.05) is 12.1 Å². The standard InChI is InChI=1S/C17H27N3/c1-6-11-20(17(3,4)5)16-10-7-14(13(2)19-16)12-18-15-8-9-15/h6-7,10,15,18H,1,8-9,11-12H2,2-5H3. The van der Waals surface area contributed by atoms with Crippen LogP contribution in [0.4, 0.5) is 5.82 Å². The highest BCUT2D eigenvalue weighted by atomic mass is 15.2. The molecule has 0 spiro atoms. The quantitative estimate of drug-likeness (QED) is 0.805. The average molecular weight is 273 g/mol. The van der Waals surface area contributed by atoms with Crippen molar-refractivity contribution in [3.8, 4) is 0 Å². The summed E-state index contributed by atoms with van der Waals surface area (Å²) in [6.07, 6.45) is 4.58. The summed E-state index contributed by atoms with van der Waals surface area (Å²) in [6.45, 7) is 14.3. The molecule has 1 heterocycles. The van der Waals surface area contributed by atoms with E-state index in [0.29, 0.717) is 0 Å². The highest BCUT2D eigenvalue weighted by molar-refractivity contribution is 5.44. The third-order valence-electron chi connectivity index (χ3n) is 3.74. The van der Waals surface area contributed by atoms with E-state index in [1.807, 2.05) is 6.08 Å². The Kier molecular flexibility index (Phi) is 4.48. The van der Waals surface area contributed by atoms with Gasteiger partial charge in [-0.2, -0.15) is 0 Å². The van der Waals surface area contributed by atoms with E-state index in [4.69, 9.17) is 4.98 Å². The molecule has 0 amide bonds. The molecule has 1 aromatic rings. The van der Waals surface area contributed by atoms with Crippen molar-refractivity contribution in [3.05, 3.63) is 36.0 Å². The minimum atomic E-state index is 0.0431. The first-order valence-corrected chi connectivity index (χ1v) is 7.50. The van der Waals surface area contributed by atoms with Crippen molar-refractivity contribution in [2.75, 3.05) is 11.4 Å². The van der Waals surface area contributed by atoms with Gasteiger partial charge in [0.2, 0.25) is 0 Å². The fraction of sp³-hybridized carbons (Fsp3) is 0.588. The van der Waals surface area contributed by atoms with E-state index in [2.05, 4.69) is 56.6 Å². The van der Waals surface area contributed by atoms with Gasteiger partial charge in [-0.05, 0) is 52.2 Å². The van der Waals surface area contributed by atoms with Crippen LogP contribution in [-0.4, -0.2) is 23.1 Å². The predicted octanol–water partition coefficient (Wildman–Crippen LogP) is 3.43. The van der Waals surface area contributed by atoms with Crippen LogP contribution >= 0.6 is 0 Å². The van der Waals surface area contributed by atoms with Crippen molar-refractivity contribution in [2.45, 2.75) is 58.7 Å². The van der Waals surface area contributed by atoms with Crippen molar-refractivity contribution < 1.29 is 0 Å². The molecule has 0 bridgehead atoms. The summed E-state index contributed by atoms with van der Waals surface area (Å²) in [5.41, 5.74) is 2.46. The number of nitrogens with zero attached hydrogens (tertiary/aromatic N) is 2. The summed E-state index contributed by atoms with van der Waals surface area (Å²) in [5.74, 6) is 1.03. The first-order chi connectivity index (χ1) is 9.41. The first kappa shape index (κ1) is 15.0. The molecule has 20 heavy (non-hydrogen) atoms.